The first kappa shape index (κ1) is 20.4. The van der Waals surface area contributed by atoms with Gasteiger partial charge in [-0.3, -0.25) is 4.90 Å². The van der Waals surface area contributed by atoms with E-state index in [1.54, 1.807) is 7.11 Å². The number of hydrogen-bond acceptors (Lipinski definition) is 4. The van der Waals surface area contributed by atoms with E-state index in [9.17, 15) is 8.42 Å². The Kier molecular flexibility index (Phi) is 6.65. The quantitative estimate of drug-likeness (QED) is 0.724. The Bertz CT molecular complexity index is 888. The molecule has 0 spiro atoms. The minimum absolute atomic E-state index is 0.181. The molecule has 0 aromatic heterocycles. The van der Waals surface area contributed by atoms with Crippen LogP contribution in [0, 0.1) is 0 Å². The average Bonchev–Trinajstić information content (AvgIpc) is 2.90. The van der Waals surface area contributed by atoms with Gasteiger partial charge in [-0.2, -0.15) is 4.31 Å². The Morgan fingerprint density at radius 2 is 1.70 bits per heavy atom. The molecule has 5 nitrogen and oxygen atoms in total. The summed E-state index contributed by atoms with van der Waals surface area (Å²) in [6, 6.07) is 12.4. The van der Waals surface area contributed by atoms with Gasteiger partial charge in [0.05, 0.1) is 22.1 Å². The zero-order chi connectivity index (χ0) is 19.4. The monoisotopic (exact) mass is 428 g/mol. The van der Waals surface area contributed by atoms with Crippen molar-refractivity contribution in [2.45, 2.75) is 17.9 Å². The molecule has 1 heterocycles. The molecule has 0 saturated carbocycles. The van der Waals surface area contributed by atoms with E-state index in [1.807, 2.05) is 24.3 Å². The molecule has 146 valence electrons. The molecule has 0 unspecified atom stereocenters. The standard InChI is InChI=1S/C19H22Cl2N2O3S/c1-26-16-5-3-15(4-6-16)14-22-9-2-10-23(12-11-22)27(24,25)17-7-8-18(20)19(21)13-17/h3-8,13H,2,9-12,14H2,1H3. The van der Waals surface area contributed by atoms with Crippen molar-refractivity contribution in [3.63, 3.8) is 0 Å². The van der Waals surface area contributed by atoms with Crippen molar-refractivity contribution in [1.82, 2.24) is 9.21 Å². The van der Waals surface area contributed by atoms with Crippen molar-refractivity contribution in [3.8, 4) is 5.75 Å². The van der Waals surface area contributed by atoms with Gasteiger partial charge in [0.2, 0.25) is 10.0 Å². The number of nitrogens with zero attached hydrogens (tertiary/aromatic N) is 2. The Balaban J connectivity index is 1.67. The van der Waals surface area contributed by atoms with Crippen LogP contribution in [-0.2, 0) is 16.6 Å². The predicted molar refractivity (Wildman–Crippen MR) is 108 cm³/mol. The van der Waals surface area contributed by atoms with Crippen molar-refractivity contribution in [3.05, 3.63) is 58.1 Å². The number of halogens is 2. The molecule has 0 aliphatic carbocycles. The smallest absolute Gasteiger partial charge is 0.243 e. The molecule has 1 fully saturated rings. The van der Waals surface area contributed by atoms with Crippen LogP contribution in [0.25, 0.3) is 0 Å². The summed E-state index contributed by atoms with van der Waals surface area (Å²) >= 11 is 11.9. The molecule has 1 saturated heterocycles. The molecule has 0 radical (unpaired) electrons. The van der Waals surface area contributed by atoms with Crippen LogP contribution in [0.4, 0.5) is 0 Å². The highest BCUT2D eigenvalue weighted by molar-refractivity contribution is 7.89. The zero-order valence-electron chi connectivity index (χ0n) is 15.1. The second kappa shape index (κ2) is 8.80. The van der Waals surface area contributed by atoms with Gasteiger partial charge in [-0.05, 0) is 48.9 Å². The first-order valence-corrected chi connectivity index (χ1v) is 10.9. The van der Waals surface area contributed by atoms with Gasteiger partial charge >= 0.3 is 0 Å². The number of hydrogen-bond donors (Lipinski definition) is 0. The number of rotatable bonds is 5. The van der Waals surface area contributed by atoms with E-state index in [0.717, 1.165) is 25.3 Å². The molecule has 2 aromatic carbocycles. The van der Waals surface area contributed by atoms with Crippen LogP contribution in [0.1, 0.15) is 12.0 Å². The molecule has 27 heavy (non-hydrogen) atoms. The van der Waals surface area contributed by atoms with Gasteiger partial charge in [0.15, 0.2) is 0 Å². The maximum absolute atomic E-state index is 12.9. The lowest BCUT2D eigenvalue weighted by Gasteiger charge is -2.22. The highest BCUT2D eigenvalue weighted by Crippen LogP contribution is 2.27. The highest BCUT2D eigenvalue weighted by atomic mass is 35.5. The fourth-order valence-corrected chi connectivity index (χ4v) is 4.98. The SMILES string of the molecule is COc1ccc(CN2CCCN(S(=O)(=O)c3ccc(Cl)c(Cl)c3)CC2)cc1. The maximum Gasteiger partial charge on any atom is 0.243 e. The summed E-state index contributed by atoms with van der Waals surface area (Å²) in [5.41, 5.74) is 1.18. The van der Waals surface area contributed by atoms with Crippen LogP contribution >= 0.6 is 23.2 Å². The minimum atomic E-state index is -3.58. The zero-order valence-corrected chi connectivity index (χ0v) is 17.4. The van der Waals surface area contributed by atoms with Crippen LogP contribution in [0.2, 0.25) is 10.0 Å². The summed E-state index contributed by atoms with van der Waals surface area (Å²) in [6.45, 7) is 3.23. The fraction of sp³-hybridized carbons (Fsp3) is 0.368. The van der Waals surface area contributed by atoms with E-state index >= 15 is 0 Å². The van der Waals surface area contributed by atoms with E-state index < -0.39 is 10.0 Å². The normalized spacial score (nSPS) is 16.9. The third-order valence-corrected chi connectivity index (χ3v) is 7.28. The number of benzene rings is 2. The lowest BCUT2D eigenvalue weighted by atomic mass is 10.2. The summed E-state index contributed by atoms with van der Waals surface area (Å²) in [5.74, 6) is 0.827. The second-order valence-electron chi connectivity index (χ2n) is 6.46. The van der Waals surface area contributed by atoms with Crippen LogP contribution in [-0.4, -0.2) is 50.9 Å². The first-order valence-electron chi connectivity index (χ1n) is 8.70. The van der Waals surface area contributed by atoms with Gasteiger partial charge in [0, 0.05) is 26.2 Å². The van der Waals surface area contributed by atoms with Gasteiger partial charge in [0.25, 0.3) is 0 Å². The van der Waals surface area contributed by atoms with Gasteiger partial charge in [-0.25, -0.2) is 8.42 Å². The molecule has 3 rings (SSSR count). The topological polar surface area (TPSA) is 49.9 Å². The maximum atomic E-state index is 12.9. The summed E-state index contributed by atoms with van der Waals surface area (Å²) in [7, 11) is -1.94. The summed E-state index contributed by atoms with van der Waals surface area (Å²) < 4.78 is 32.6. The van der Waals surface area contributed by atoms with E-state index in [1.165, 1.54) is 28.1 Å². The molecule has 0 N–H and O–H groups in total. The van der Waals surface area contributed by atoms with Gasteiger partial charge in [0.1, 0.15) is 5.75 Å². The number of methoxy groups -OCH3 is 1. The van der Waals surface area contributed by atoms with Gasteiger partial charge in [-0.15, -0.1) is 0 Å². The Labute approximate surface area is 170 Å². The highest BCUT2D eigenvalue weighted by Gasteiger charge is 2.27. The van der Waals surface area contributed by atoms with E-state index in [0.29, 0.717) is 24.7 Å². The first-order chi connectivity index (χ1) is 12.9. The Hall–Kier alpha value is -1.31. The Morgan fingerprint density at radius 1 is 0.963 bits per heavy atom. The van der Waals surface area contributed by atoms with Crippen molar-refractivity contribution >= 4 is 33.2 Å². The number of sulfonamides is 1. The largest absolute Gasteiger partial charge is 0.497 e. The average molecular weight is 429 g/mol. The molecule has 8 heteroatoms. The minimum Gasteiger partial charge on any atom is -0.497 e. The predicted octanol–water partition coefficient (Wildman–Crippen LogP) is 3.90. The van der Waals surface area contributed by atoms with Crippen LogP contribution < -0.4 is 4.74 Å². The van der Waals surface area contributed by atoms with Crippen LogP contribution in [0.5, 0.6) is 5.75 Å². The van der Waals surface area contributed by atoms with Crippen molar-refractivity contribution < 1.29 is 13.2 Å². The molecule has 1 aliphatic rings. The van der Waals surface area contributed by atoms with Gasteiger partial charge < -0.3 is 4.74 Å². The molecule has 0 bridgehead atoms. The van der Waals surface area contributed by atoms with Crippen molar-refractivity contribution in [2.24, 2.45) is 0 Å². The van der Waals surface area contributed by atoms with E-state index in [4.69, 9.17) is 27.9 Å². The summed E-state index contributed by atoms with van der Waals surface area (Å²) in [4.78, 5) is 2.45. The van der Waals surface area contributed by atoms with Crippen molar-refractivity contribution in [2.75, 3.05) is 33.3 Å². The molecule has 0 atom stereocenters. The molecule has 0 amide bonds. The molecular formula is C19H22Cl2N2O3S. The third kappa shape index (κ3) is 4.95. The van der Waals surface area contributed by atoms with Crippen LogP contribution in [0.15, 0.2) is 47.4 Å². The van der Waals surface area contributed by atoms with Gasteiger partial charge in [-0.1, -0.05) is 35.3 Å². The molecule has 2 aromatic rings. The van der Waals surface area contributed by atoms with Crippen LogP contribution in [0.3, 0.4) is 0 Å². The van der Waals surface area contributed by atoms with Crippen molar-refractivity contribution in [1.29, 1.82) is 0 Å². The molecular weight excluding hydrogens is 407 g/mol. The lowest BCUT2D eigenvalue weighted by molar-refractivity contribution is 0.278. The third-order valence-electron chi connectivity index (χ3n) is 4.64. The van der Waals surface area contributed by atoms with E-state index in [-0.39, 0.29) is 9.92 Å². The Morgan fingerprint density at radius 3 is 2.37 bits per heavy atom. The fourth-order valence-electron chi connectivity index (χ4n) is 3.12. The number of ether oxygens (including phenoxy) is 1. The van der Waals surface area contributed by atoms with E-state index in [2.05, 4.69) is 4.90 Å². The summed E-state index contributed by atoms with van der Waals surface area (Å²) in [5, 5.41) is 0.589. The second-order valence-corrected chi connectivity index (χ2v) is 9.21. The molecule has 1 aliphatic heterocycles. The lowest BCUT2D eigenvalue weighted by Crippen LogP contribution is -2.35. The summed E-state index contributed by atoms with van der Waals surface area (Å²) in [6.07, 6.45) is 0.775.